The quantitative estimate of drug-likeness (QED) is 0.722. The lowest BCUT2D eigenvalue weighted by molar-refractivity contribution is -0.137. The lowest BCUT2D eigenvalue weighted by atomic mass is 10.0. The van der Waals surface area contributed by atoms with Crippen LogP contribution < -0.4 is 15.0 Å². The van der Waals surface area contributed by atoms with Crippen molar-refractivity contribution in [3.8, 4) is 5.75 Å². The molecule has 1 heterocycles. The highest BCUT2D eigenvalue weighted by molar-refractivity contribution is 5.83. The van der Waals surface area contributed by atoms with Gasteiger partial charge < -0.3 is 15.0 Å². The van der Waals surface area contributed by atoms with E-state index in [0.717, 1.165) is 23.6 Å². The lowest BCUT2D eigenvalue weighted by Crippen LogP contribution is -2.27. The Bertz CT molecular complexity index is 881. The second-order valence-corrected chi connectivity index (χ2v) is 7.66. The van der Waals surface area contributed by atoms with Gasteiger partial charge in [-0.1, -0.05) is 18.2 Å². The van der Waals surface area contributed by atoms with Gasteiger partial charge in [0.2, 0.25) is 5.91 Å². The summed E-state index contributed by atoms with van der Waals surface area (Å²) in [5.41, 5.74) is 1.68. The number of hydrogen-bond donors (Lipinski definition) is 1. The van der Waals surface area contributed by atoms with Crippen molar-refractivity contribution >= 4 is 11.6 Å². The van der Waals surface area contributed by atoms with Crippen molar-refractivity contribution in [2.75, 3.05) is 24.5 Å². The van der Waals surface area contributed by atoms with E-state index in [-0.39, 0.29) is 17.9 Å². The van der Waals surface area contributed by atoms with E-state index < -0.39 is 11.7 Å². The Kier molecular flexibility index (Phi) is 6.58. The average Bonchev–Trinajstić information content (AvgIpc) is 3.16. The van der Waals surface area contributed by atoms with Gasteiger partial charge in [0.25, 0.3) is 0 Å². The molecule has 0 saturated carbocycles. The zero-order valence-electron chi connectivity index (χ0n) is 17.4. The van der Waals surface area contributed by atoms with Crippen molar-refractivity contribution < 1.29 is 22.7 Å². The highest BCUT2D eigenvalue weighted by Crippen LogP contribution is 2.34. The minimum absolute atomic E-state index is 0.0194. The number of carbonyl (C=O) groups is 1. The van der Waals surface area contributed by atoms with Gasteiger partial charge in [0, 0.05) is 25.2 Å². The lowest BCUT2D eigenvalue weighted by Gasteiger charge is -2.22. The Morgan fingerprint density at radius 3 is 2.57 bits per heavy atom. The van der Waals surface area contributed by atoms with Crippen LogP contribution in [0.3, 0.4) is 0 Å². The zero-order chi connectivity index (χ0) is 21.9. The number of hydrogen-bond acceptors (Lipinski definition) is 3. The van der Waals surface area contributed by atoms with Crippen molar-refractivity contribution in [2.24, 2.45) is 0 Å². The molecule has 1 unspecified atom stereocenters. The monoisotopic (exact) mass is 420 g/mol. The summed E-state index contributed by atoms with van der Waals surface area (Å²) in [4.78, 5) is 13.9. The number of alkyl halides is 3. The Balaban J connectivity index is 1.64. The topological polar surface area (TPSA) is 41.6 Å². The highest BCUT2D eigenvalue weighted by atomic mass is 19.4. The zero-order valence-corrected chi connectivity index (χ0v) is 17.4. The molecule has 0 bridgehead atoms. The summed E-state index contributed by atoms with van der Waals surface area (Å²) >= 11 is 0. The molecule has 0 spiro atoms. The van der Waals surface area contributed by atoms with Crippen molar-refractivity contribution in [1.82, 2.24) is 5.32 Å². The summed E-state index contributed by atoms with van der Waals surface area (Å²) in [5, 5.41) is 2.81. The molecular formula is C23H27F3N2O2. The molecular weight excluding hydrogens is 393 g/mol. The van der Waals surface area contributed by atoms with E-state index in [0.29, 0.717) is 31.1 Å². The van der Waals surface area contributed by atoms with Gasteiger partial charge in [-0.05, 0) is 56.2 Å². The summed E-state index contributed by atoms with van der Waals surface area (Å²) in [7, 11) is 0. The number of carbonyl (C=O) groups excluding carboxylic acids is 1. The van der Waals surface area contributed by atoms with Gasteiger partial charge in [-0.3, -0.25) is 4.79 Å². The molecule has 1 aliphatic rings. The van der Waals surface area contributed by atoms with Crippen LogP contribution in [0.5, 0.6) is 5.75 Å². The number of aryl methyl sites for hydroxylation is 1. The number of amides is 1. The van der Waals surface area contributed by atoms with E-state index in [1.165, 1.54) is 12.1 Å². The molecule has 0 radical (unpaired) electrons. The smallest absolute Gasteiger partial charge is 0.416 e. The third kappa shape index (κ3) is 5.07. The van der Waals surface area contributed by atoms with Gasteiger partial charge in [-0.2, -0.15) is 13.2 Å². The maximum atomic E-state index is 13.1. The first-order chi connectivity index (χ1) is 14.2. The van der Waals surface area contributed by atoms with Crippen LogP contribution >= 0.6 is 0 Å². The van der Waals surface area contributed by atoms with Gasteiger partial charge in [0.1, 0.15) is 11.9 Å². The molecule has 2 atom stereocenters. The Hall–Kier alpha value is -2.70. The first-order valence-electron chi connectivity index (χ1n) is 10.2. The summed E-state index contributed by atoms with van der Waals surface area (Å²) in [5.74, 6) is 0.424. The fraction of sp³-hybridized carbons (Fsp3) is 0.435. The molecule has 1 amide bonds. The standard InChI is InChI=1S/C23H27F3N2O2/c1-4-27-22(29)16(3)17-6-9-19(10-7-17)30-20-11-12-28(14-20)21-13-18(23(24,25)26)8-5-15(21)2/h5-10,13,16,20H,4,11-12,14H2,1-3H3,(H,27,29)/t16?,20-/m1/s1. The second-order valence-electron chi connectivity index (χ2n) is 7.66. The SMILES string of the molecule is CCNC(=O)C(C)c1ccc(O[C@@H]2CCN(c3cc(C(F)(F)F)ccc3C)C2)cc1. The predicted molar refractivity (Wildman–Crippen MR) is 111 cm³/mol. The number of nitrogens with zero attached hydrogens (tertiary/aromatic N) is 1. The summed E-state index contributed by atoms with van der Waals surface area (Å²) in [6.07, 6.45) is -3.73. The van der Waals surface area contributed by atoms with Crippen LogP contribution in [-0.4, -0.2) is 31.6 Å². The summed E-state index contributed by atoms with van der Waals surface area (Å²) in [6.45, 7) is 7.31. The Morgan fingerprint density at radius 2 is 1.93 bits per heavy atom. The maximum Gasteiger partial charge on any atom is 0.416 e. The molecule has 30 heavy (non-hydrogen) atoms. The van der Waals surface area contributed by atoms with Gasteiger partial charge in [0.05, 0.1) is 18.0 Å². The van der Waals surface area contributed by atoms with Crippen LogP contribution in [0.1, 0.15) is 42.9 Å². The van der Waals surface area contributed by atoms with Crippen molar-refractivity contribution in [3.63, 3.8) is 0 Å². The van der Waals surface area contributed by atoms with Crippen molar-refractivity contribution in [1.29, 1.82) is 0 Å². The van der Waals surface area contributed by atoms with E-state index in [4.69, 9.17) is 4.74 Å². The van der Waals surface area contributed by atoms with Gasteiger partial charge in [-0.15, -0.1) is 0 Å². The van der Waals surface area contributed by atoms with Crippen LogP contribution in [0, 0.1) is 6.92 Å². The normalized spacial score (nSPS) is 17.7. The number of rotatable bonds is 6. The summed E-state index contributed by atoms with van der Waals surface area (Å²) < 4.78 is 45.2. The Morgan fingerprint density at radius 1 is 1.23 bits per heavy atom. The molecule has 3 rings (SSSR count). The third-order valence-electron chi connectivity index (χ3n) is 5.45. The van der Waals surface area contributed by atoms with Crippen LogP contribution in [0.4, 0.5) is 18.9 Å². The first-order valence-corrected chi connectivity index (χ1v) is 10.2. The molecule has 2 aromatic rings. The molecule has 1 aliphatic heterocycles. The molecule has 162 valence electrons. The fourth-order valence-electron chi connectivity index (χ4n) is 3.68. The minimum Gasteiger partial charge on any atom is -0.489 e. The fourth-order valence-corrected chi connectivity index (χ4v) is 3.68. The molecule has 7 heteroatoms. The number of likely N-dealkylation sites (N-methyl/N-ethyl adjacent to an activating group) is 1. The van der Waals surface area contributed by atoms with E-state index >= 15 is 0 Å². The van der Waals surface area contributed by atoms with Gasteiger partial charge >= 0.3 is 6.18 Å². The summed E-state index contributed by atoms with van der Waals surface area (Å²) in [6, 6.07) is 11.3. The number of halogens is 3. The van der Waals surface area contributed by atoms with Crippen LogP contribution in [0.25, 0.3) is 0 Å². The average molecular weight is 420 g/mol. The first kappa shape index (κ1) is 22.0. The maximum absolute atomic E-state index is 13.1. The number of ether oxygens (including phenoxy) is 1. The van der Waals surface area contributed by atoms with E-state index in [9.17, 15) is 18.0 Å². The van der Waals surface area contributed by atoms with Crippen LogP contribution in [0.2, 0.25) is 0 Å². The van der Waals surface area contributed by atoms with Crippen LogP contribution in [0.15, 0.2) is 42.5 Å². The minimum atomic E-state index is -4.36. The predicted octanol–water partition coefficient (Wildman–Crippen LogP) is 4.91. The molecule has 2 aromatic carbocycles. The molecule has 1 fully saturated rings. The van der Waals surface area contributed by atoms with E-state index in [2.05, 4.69) is 5.32 Å². The van der Waals surface area contributed by atoms with Gasteiger partial charge in [-0.25, -0.2) is 0 Å². The molecule has 4 nitrogen and oxygen atoms in total. The van der Waals surface area contributed by atoms with Crippen molar-refractivity contribution in [3.05, 3.63) is 59.2 Å². The molecule has 1 N–H and O–H groups in total. The Labute approximate surface area is 175 Å². The van der Waals surface area contributed by atoms with Gasteiger partial charge in [0.15, 0.2) is 0 Å². The largest absolute Gasteiger partial charge is 0.489 e. The third-order valence-corrected chi connectivity index (χ3v) is 5.45. The van der Waals surface area contributed by atoms with Crippen molar-refractivity contribution in [2.45, 2.75) is 45.4 Å². The molecule has 1 saturated heterocycles. The second kappa shape index (κ2) is 8.98. The number of benzene rings is 2. The molecule has 0 aromatic heterocycles. The van der Waals surface area contributed by atoms with Crippen LogP contribution in [-0.2, 0) is 11.0 Å². The van der Waals surface area contributed by atoms with E-state index in [1.54, 1.807) is 0 Å². The number of anilines is 1. The molecule has 0 aliphatic carbocycles. The highest BCUT2D eigenvalue weighted by Gasteiger charge is 2.32. The van der Waals surface area contributed by atoms with E-state index in [1.807, 2.05) is 49.9 Å². The number of nitrogens with one attached hydrogen (secondary N) is 1.